The van der Waals surface area contributed by atoms with E-state index in [-0.39, 0.29) is 17.7 Å². The van der Waals surface area contributed by atoms with Crippen molar-refractivity contribution in [3.8, 4) is 5.75 Å². The lowest BCUT2D eigenvalue weighted by atomic mass is 10.1. The number of aromatic hydroxyl groups is 1. The molecule has 1 heterocycles. The maximum absolute atomic E-state index is 12.4. The van der Waals surface area contributed by atoms with Crippen LogP contribution in [0.1, 0.15) is 22.8 Å². The van der Waals surface area contributed by atoms with Crippen LogP contribution in [0.5, 0.6) is 5.75 Å². The second-order valence-electron chi connectivity index (χ2n) is 5.96. The Morgan fingerprint density at radius 2 is 2.00 bits per heavy atom. The summed E-state index contributed by atoms with van der Waals surface area (Å²) in [6.07, 6.45) is 1.75. The zero-order valence-corrected chi connectivity index (χ0v) is 14.2. The van der Waals surface area contributed by atoms with Gasteiger partial charge in [-0.2, -0.15) is 0 Å². The van der Waals surface area contributed by atoms with E-state index in [1.54, 1.807) is 30.3 Å². The van der Waals surface area contributed by atoms with Crippen LogP contribution in [0.2, 0.25) is 0 Å². The second kappa shape index (κ2) is 5.83. The van der Waals surface area contributed by atoms with Gasteiger partial charge in [0, 0.05) is 23.4 Å². The molecule has 1 aliphatic rings. The van der Waals surface area contributed by atoms with Gasteiger partial charge in [-0.1, -0.05) is 6.07 Å². The Kier molecular flexibility index (Phi) is 3.96. The predicted octanol–water partition coefficient (Wildman–Crippen LogP) is 2.36. The zero-order chi connectivity index (χ0) is 17.5. The molecule has 0 spiro atoms. The summed E-state index contributed by atoms with van der Waals surface area (Å²) in [5.74, 6) is -0.242. The summed E-state index contributed by atoms with van der Waals surface area (Å²) in [6.45, 7) is 1.84. The zero-order valence-electron chi connectivity index (χ0n) is 13.4. The van der Waals surface area contributed by atoms with Gasteiger partial charge in [-0.3, -0.25) is 9.10 Å². The lowest BCUT2D eigenvalue weighted by molar-refractivity contribution is 0.102. The first-order valence-corrected chi connectivity index (χ1v) is 9.33. The molecule has 0 fully saturated rings. The van der Waals surface area contributed by atoms with Gasteiger partial charge in [0.15, 0.2) is 0 Å². The molecular formula is C17H18N2O4S. The van der Waals surface area contributed by atoms with Crippen LogP contribution in [-0.4, -0.2) is 31.7 Å². The van der Waals surface area contributed by atoms with E-state index >= 15 is 0 Å². The number of anilines is 2. The highest BCUT2D eigenvalue weighted by atomic mass is 32.2. The number of nitrogens with one attached hydrogen (secondary N) is 1. The molecule has 0 saturated carbocycles. The van der Waals surface area contributed by atoms with Crippen molar-refractivity contribution in [1.82, 2.24) is 0 Å². The Morgan fingerprint density at radius 3 is 2.67 bits per heavy atom. The number of carbonyl (C=O) groups excluding carboxylic acids is 1. The van der Waals surface area contributed by atoms with Gasteiger partial charge in [0.25, 0.3) is 5.91 Å². The number of fused-ring (bicyclic) bond motifs is 1. The molecule has 2 aromatic rings. The van der Waals surface area contributed by atoms with Crippen LogP contribution in [0.15, 0.2) is 42.5 Å². The van der Waals surface area contributed by atoms with Crippen molar-refractivity contribution in [1.29, 1.82) is 0 Å². The summed E-state index contributed by atoms with van der Waals surface area (Å²) < 4.78 is 25.2. The Bertz CT molecular complexity index is 909. The van der Waals surface area contributed by atoms with Gasteiger partial charge in [-0.25, -0.2) is 8.42 Å². The Hall–Kier alpha value is -2.54. The third-order valence-corrected chi connectivity index (χ3v) is 5.23. The standard InChI is InChI=1S/C17H18N2O4S/c1-11-8-13-9-12(6-7-16(13)19(11)24(2,22)23)17(21)18-14-4-3-5-15(20)10-14/h3-7,9-11,20H,8H2,1-2H3,(H,18,21). The number of phenolic OH excluding ortho intramolecular Hbond substituents is 1. The van der Waals surface area contributed by atoms with E-state index in [0.717, 1.165) is 5.56 Å². The van der Waals surface area contributed by atoms with Crippen molar-refractivity contribution < 1.29 is 18.3 Å². The first-order chi connectivity index (χ1) is 11.3. The SMILES string of the molecule is CC1Cc2cc(C(=O)Nc3cccc(O)c3)ccc2N1S(C)(=O)=O. The smallest absolute Gasteiger partial charge is 0.255 e. The molecule has 0 aromatic heterocycles. The van der Waals surface area contributed by atoms with Gasteiger partial charge >= 0.3 is 0 Å². The molecule has 1 amide bonds. The van der Waals surface area contributed by atoms with Crippen LogP contribution in [-0.2, 0) is 16.4 Å². The largest absolute Gasteiger partial charge is 0.508 e. The van der Waals surface area contributed by atoms with Gasteiger partial charge in [0.05, 0.1) is 11.9 Å². The lowest BCUT2D eigenvalue weighted by Crippen LogP contribution is -2.34. The third-order valence-electron chi connectivity index (χ3n) is 3.96. The molecule has 0 radical (unpaired) electrons. The average Bonchev–Trinajstić information content (AvgIpc) is 2.81. The van der Waals surface area contributed by atoms with Crippen LogP contribution in [0.4, 0.5) is 11.4 Å². The fourth-order valence-corrected chi connectivity index (χ4v) is 4.30. The maximum atomic E-state index is 12.4. The first-order valence-electron chi connectivity index (χ1n) is 7.48. The number of sulfonamides is 1. The summed E-state index contributed by atoms with van der Waals surface area (Å²) >= 11 is 0. The summed E-state index contributed by atoms with van der Waals surface area (Å²) in [5, 5.41) is 12.2. The topological polar surface area (TPSA) is 86.7 Å². The minimum atomic E-state index is -3.35. The van der Waals surface area contributed by atoms with Crippen molar-refractivity contribution in [2.75, 3.05) is 15.9 Å². The van der Waals surface area contributed by atoms with Crippen LogP contribution < -0.4 is 9.62 Å². The molecular weight excluding hydrogens is 328 g/mol. The summed E-state index contributed by atoms with van der Waals surface area (Å²) in [6, 6.07) is 11.1. The van der Waals surface area contributed by atoms with Crippen LogP contribution in [0.3, 0.4) is 0 Å². The highest BCUT2D eigenvalue weighted by molar-refractivity contribution is 7.92. The number of hydrogen-bond donors (Lipinski definition) is 2. The van der Waals surface area contributed by atoms with Crippen molar-refractivity contribution >= 4 is 27.3 Å². The molecule has 1 unspecified atom stereocenters. The minimum absolute atomic E-state index is 0.0689. The highest BCUT2D eigenvalue weighted by Gasteiger charge is 2.32. The second-order valence-corrected chi connectivity index (χ2v) is 7.82. The van der Waals surface area contributed by atoms with Gasteiger partial charge in [-0.05, 0) is 49.2 Å². The number of amides is 1. The number of benzene rings is 2. The first kappa shape index (κ1) is 16.3. The molecule has 0 saturated heterocycles. The molecule has 24 heavy (non-hydrogen) atoms. The summed E-state index contributed by atoms with van der Waals surface area (Å²) in [4.78, 5) is 12.4. The quantitative estimate of drug-likeness (QED) is 0.893. The number of rotatable bonds is 3. The lowest BCUT2D eigenvalue weighted by Gasteiger charge is -2.21. The van der Waals surface area contributed by atoms with Crippen LogP contribution in [0.25, 0.3) is 0 Å². The van der Waals surface area contributed by atoms with E-state index in [1.807, 2.05) is 6.92 Å². The summed E-state index contributed by atoms with van der Waals surface area (Å²) in [7, 11) is -3.35. The monoisotopic (exact) mass is 346 g/mol. The van der Waals surface area contributed by atoms with E-state index in [4.69, 9.17) is 0 Å². The van der Waals surface area contributed by atoms with E-state index < -0.39 is 10.0 Å². The van der Waals surface area contributed by atoms with Crippen molar-refractivity contribution in [2.24, 2.45) is 0 Å². The molecule has 0 bridgehead atoms. The predicted molar refractivity (Wildman–Crippen MR) is 93.0 cm³/mol. The number of hydrogen-bond acceptors (Lipinski definition) is 4. The van der Waals surface area contributed by atoms with Gasteiger partial charge in [0.1, 0.15) is 5.75 Å². The van der Waals surface area contributed by atoms with E-state index in [2.05, 4.69) is 5.32 Å². The molecule has 2 N–H and O–H groups in total. The molecule has 1 aliphatic heterocycles. The van der Waals surface area contributed by atoms with Gasteiger partial charge in [-0.15, -0.1) is 0 Å². The van der Waals surface area contributed by atoms with Gasteiger partial charge < -0.3 is 10.4 Å². The number of carbonyl (C=O) groups is 1. The molecule has 1 atom stereocenters. The Labute approximate surface area is 140 Å². The van der Waals surface area contributed by atoms with Crippen LogP contribution >= 0.6 is 0 Å². The molecule has 2 aromatic carbocycles. The van der Waals surface area contributed by atoms with Crippen molar-refractivity contribution in [3.05, 3.63) is 53.6 Å². The molecule has 7 heteroatoms. The van der Waals surface area contributed by atoms with Crippen molar-refractivity contribution in [2.45, 2.75) is 19.4 Å². The molecule has 0 aliphatic carbocycles. The molecule has 3 rings (SSSR count). The summed E-state index contributed by atoms with van der Waals surface area (Å²) in [5.41, 5.74) is 2.39. The van der Waals surface area contributed by atoms with E-state index in [0.29, 0.717) is 23.4 Å². The number of phenols is 1. The normalized spacial score (nSPS) is 16.8. The maximum Gasteiger partial charge on any atom is 0.255 e. The molecule has 126 valence electrons. The molecule has 6 nitrogen and oxygen atoms in total. The fourth-order valence-electron chi connectivity index (χ4n) is 3.04. The fraction of sp³-hybridized carbons (Fsp3) is 0.235. The Morgan fingerprint density at radius 1 is 1.25 bits per heavy atom. The van der Waals surface area contributed by atoms with E-state index in [1.165, 1.54) is 22.7 Å². The average molecular weight is 346 g/mol. The van der Waals surface area contributed by atoms with E-state index in [9.17, 15) is 18.3 Å². The minimum Gasteiger partial charge on any atom is -0.508 e. The van der Waals surface area contributed by atoms with Crippen molar-refractivity contribution in [3.63, 3.8) is 0 Å². The van der Waals surface area contributed by atoms with Crippen LogP contribution in [0, 0.1) is 0 Å². The highest BCUT2D eigenvalue weighted by Crippen LogP contribution is 2.34. The number of nitrogens with zero attached hydrogens (tertiary/aromatic N) is 1. The Balaban J connectivity index is 1.87. The third kappa shape index (κ3) is 3.07. The van der Waals surface area contributed by atoms with Gasteiger partial charge in [0.2, 0.25) is 10.0 Å².